The lowest BCUT2D eigenvalue weighted by atomic mass is 10.2. The average molecular weight is 308 g/mol. The van der Waals surface area contributed by atoms with Gasteiger partial charge in [0.05, 0.1) is 18.2 Å². The Morgan fingerprint density at radius 3 is 2.65 bits per heavy atom. The molecule has 2 N–H and O–H groups in total. The van der Waals surface area contributed by atoms with Crippen molar-refractivity contribution in [3.63, 3.8) is 0 Å². The maximum atomic E-state index is 11.4. The van der Waals surface area contributed by atoms with E-state index in [9.17, 15) is 4.79 Å². The molecule has 0 radical (unpaired) electrons. The quantitative estimate of drug-likeness (QED) is 0.860. The molecule has 2 aromatic rings. The molecule has 0 spiro atoms. The molecule has 0 aliphatic rings. The van der Waals surface area contributed by atoms with Crippen molar-refractivity contribution >= 4 is 17.6 Å². The number of nitrogens with two attached hydrogens (primary N) is 1. The van der Waals surface area contributed by atoms with Gasteiger partial charge in [-0.15, -0.1) is 0 Å². The molecule has 1 heterocycles. The predicted molar refractivity (Wildman–Crippen MR) is 81.9 cm³/mol. The summed E-state index contributed by atoms with van der Waals surface area (Å²) in [5.74, 6) is 0.152. The van der Waals surface area contributed by atoms with Gasteiger partial charge in [0.15, 0.2) is 5.71 Å². The van der Waals surface area contributed by atoms with Crippen LogP contribution in [-0.4, -0.2) is 28.0 Å². The Bertz CT molecular complexity index is 836. The molecule has 0 fully saturated rings. The van der Waals surface area contributed by atoms with Crippen molar-refractivity contribution in [1.82, 2.24) is 9.55 Å². The molecule has 2 rings (SSSR count). The van der Waals surface area contributed by atoms with Crippen LogP contribution in [0.4, 0.5) is 10.6 Å². The van der Waals surface area contributed by atoms with Gasteiger partial charge in [-0.05, 0) is 31.2 Å². The Morgan fingerprint density at radius 2 is 2.09 bits per heavy atom. The molecule has 1 aromatic heterocycles. The number of amides is 1. The highest BCUT2D eigenvalue weighted by Gasteiger charge is 2.16. The van der Waals surface area contributed by atoms with Crippen LogP contribution in [0.15, 0.2) is 35.6 Å². The zero-order valence-corrected chi connectivity index (χ0v) is 12.2. The second kappa shape index (κ2) is 6.87. The van der Waals surface area contributed by atoms with Crippen LogP contribution in [0.3, 0.4) is 0 Å². The van der Waals surface area contributed by atoms with Crippen LogP contribution in [0.1, 0.15) is 18.2 Å². The largest absolute Gasteiger partial charge is 0.448 e. The molecule has 0 saturated carbocycles. The molecule has 114 valence electrons. The fraction of sp³-hybridized carbons (Fsp3) is 0.133. The third-order valence-corrected chi connectivity index (χ3v) is 2.88. The van der Waals surface area contributed by atoms with Crippen LogP contribution >= 0.6 is 0 Å². The van der Waals surface area contributed by atoms with E-state index in [2.05, 4.69) is 14.7 Å². The number of anilines is 1. The van der Waals surface area contributed by atoms with Gasteiger partial charge in [0.2, 0.25) is 0 Å². The first-order valence-electron chi connectivity index (χ1n) is 6.60. The number of benzene rings is 1. The monoisotopic (exact) mass is 308 g/mol. The molecule has 1 amide bonds. The van der Waals surface area contributed by atoms with Gasteiger partial charge in [-0.2, -0.15) is 15.5 Å². The first-order valence-corrected chi connectivity index (χ1v) is 6.60. The van der Waals surface area contributed by atoms with Crippen molar-refractivity contribution in [2.45, 2.75) is 6.92 Å². The van der Waals surface area contributed by atoms with E-state index in [0.717, 1.165) is 0 Å². The van der Waals surface area contributed by atoms with Gasteiger partial charge < -0.3 is 10.5 Å². The van der Waals surface area contributed by atoms with Crippen molar-refractivity contribution in [1.29, 1.82) is 10.5 Å². The first-order chi connectivity index (χ1) is 11.1. The van der Waals surface area contributed by atoms with Crippen molar-refractivity contribution < 1.29 is 9.53 Å². The molecule has 0 aliphatic heterocycles. The van der Waals surface area contributed by atoms with Crippen molar-refractivity contribution in [2.75, 3.05) is 12.3 Å². The first kappa shape index (κ1) is 15.7. The highest BCUT2D eigenvalue weighted by atomic mass is 16.5. The van der Waals surface area contributed by atoms with E-state index >= 15 is 0 Å². The molecule has 0 saturated heterocycles. The fourth-order valence-electron chi connectivity index (χ4n) is 1.82. The molecule has 8 nitrogen and oxygen atoms in total. The van der Waals surface area contributed by atoms with Gasteiger partial charge in [-0.25, -0.2) is 9.78 Å². The number of hydrogen-bond acceptors (Lipinski definition) is 6. The number of nitrogens with zero attached hydrogens (tertiary/aromatic N) is 5. The van der Waals surface area contributed by atoms with E-state index in [0.29, 0.717) is 11.3 Å². The van der Waals surface area contributed by atoms with Gasteiger partial charge in [-0.3, -0.25) is 4.57 Å². The maximum absolute atomic E-state index is 11.4. The number of rotatable bonds is 3. The van der Waals surface area contributed by atoms with Crippen LogP contribution in [0.2, 0.25) is 0 Å². The predicted octanol–water partition coefficient (Wildman–Crippen LogP) is 1.80. The lowest BCUT2D eigenvalue weighted by Gasteiger charge is -2.05. The summed E-state index contributed by atoms with van der Waals surface area (Å²) in [4.78, 5) is 19.0. The number of carbonyl (C=O) groups is 1. The number of aromatic nitrogens is 2. The van der Waals surface area contributed by atoms with Crippen LogP contribution in [-0.2, 0) is 4.74 Å². The Morgan fingerprint density at radius 1 is 1.39 bits per heavy atom. The summed E-state index contributed by atoms with van der Waals surface area (Å²) in [6.07, 6.45) is 0.528. The Balaban J connectivity index is 2.40. The van der Waals surface area contributed by atoms with E-state index in [1.807, 2.05) is 6.07 Å². The molecule has 1 aromatic carbocycles. The van der Waals surface area contributed by atoms with Crippen molar-refractivity contribution in [3.05, 3.63) is 41.9 Å². The second-order valence-electron chi connectivity index (χ2n) is 4.28. The third kappa shape index (κ3) is 3.34. The minimum Gasteiger partial charge on any atom is -0.448 e. The average Bonchev–Trinajstić information content (AvgIpc) is 2.94. The van der Waals surface area contributed by atoms with Gasteiger partial charge in [0, 0.05) is 5.69 Å². The normalized spacial score (nSPS) is 10.7. The number of aliphatic imine (C=N–C) groups is 1. The van der Waals surface area contributed by atoms with E-state index in [-0.39, 0.29) is 23.8 Å². The Labute approximate surface area is 132 Å². The maximum Gasteiger partial charge on any atom is 0.434 e. The second-order valence-corrected chi connectivity index (χ2v) is 4.28. The highest BCUT2D eigenvalue weighted by molar-refractivity contribution is 6.16. The van der Waals surface area contributed by atoms with Gasteiger partial charge in [-0.1, -0.05) is 0 Å². The fourth-order valence-corrected chi connectivity index (χ4v) is 1.82. The number of ether oxygens (including phenoxy) is 1. The summed E-state index contributed by atoms with van der Waals surface area (Å²) in [6, 6.07) is 10.4. The molecule has 23 heavy (non-hydrogen) atoms. The zero-order valence-electron chi connectivity index (χ0n) is 12.2. The van der Waals surface area contributed by atoms with E-state index in [4.69, 9.17) is 16.3 Å². The van der Waals surface area contributed by atoms with Gasteiger partial charge >= 0.3 is 6.09 Å². The summed E-state index contributed by atoms with van der Waals surface area (Å²) in [7, 11) is 0. The SMILES string of the molecule is CCOC(=O)/N=C(\C#N)c1ncn(-c2ccc(C#N)cc2)c1N. The minimum atomic E-state index is -0.878. The van der Waals surface area contributed by atoms with Crippen molar-refractivity contribution in [2.24, 2.45) is 4.99 Å². The van der Waals surface area contributed by atoms with E-state index in [1.165, 1.54) is 10.9 Å². The molecule has 0 bridgehead atoms. The molecule has 0 unspecified atom stereocenters. The molecular weight excluding hydrogens is 296 g/mol. The van der Waals surface area contributed by atoms with Crippen LogP contribution in [0.5, 0.6) is 0 Å². The lowest BCUT2D eigenvalue weighted by molar-refractivity contribution is 0.163. The van der Waals surface area contributed by atoms with E-state index < -0.39 is 6.09 Å². The summed E-state index contributed by atoms with van der Waals surface area (Å²) in [5.41, 5.74) is 7.01. The van der Waals surface area contributed by atoms with Gasteiger partial charge in [0.25, 0.3) is 0 Å². The molecular formula is C15H12N6O2. The third-order valence-electron chi connectivity index (χ3n) is 2.88. The highest BCUT2D eigenvalue weighted by Crippen LogP contribution is 2.18. The van der Waals surface area contributed by atoms with Crippen LogP contribution in [0.25, 0.3) is 5.69 Å². The van der Waals surface area contributed by atoms with Crippen LogP contribution < -0.4 is 5.73 Å². The summed E-state index contributed by atoms with van der Waals surface area (Å²) in [6.45, 7) is 1.78. The van der Waals surface area contributed by atoms with Crippen LogP contribution in [0, 0.1) is 22.7 Å². The zero-order chi connectivity index (χ0) is 16.8. The summed E-state index contributed by atoms with van der Waals surface area (Å²) in [5, 5.41) is 17.9. The smallest absolute Gasteiger partial charge is 0.434 e. The summed E-state index contributed by atoms with van der Waals surface area (Å²) < 4.78 is 6.19. The minimum absolute atomic E-state index is 0.0879. The number of hydrogen-bond donors (Lipinski definition) is 1. The topological polar surface area (TPSA) is 130 Å². The Kier molecular flexibility index (Phi) is 4.70. The number of carbonyl (C=O) groups excluding carboxylic acids is 1. The number of imidazole rings is 1. The Hall–Kier alpha value is -3.65. The standard InChI is InChI=1S/C15H12N6O2/c1-2-23-15(22)20-12(8-17)13-14(18)21(9-19-13)11-5-3-10(7-16)4-6-11/h3-6,9H,2,18H2,1H3/b20-12+. The summed E-state index contributed by atoms with van der Waals surface area (Å²) >= 11 is 0. The van der Waals surface area contributed by atoms with Crippen molar-refractivity contribution in [3.8, 4) is 17.8 Å². The molecule has 0 atom stereocenters. The molecule has 8 heteroatoms. The van der Waals surface area contributed by atoms with E-state index in [1.54, 1.807) is 37.3 Å². The number of nitriles is 2. The molecule has 0 aliphatic carbocycles. The lowest BCUT2D eigenvalue weighted by Crippen LogP contribution is -2.09. The number of nitrogen functional groups attached to an aromatic ring is 1. The van der Waals surface area contributed by atoms with Gasteiger partial charge in [0.1, 0.15) is 23.9 Å².